The van der Waals surface area contributed by atoms with E-state index in [1.807, 2.05) is 35.8 Å². The molecule has 0 atom stereocenters. The lowest BCUT2D eigenvalue weighted by molar-refractivity contribution is 0.415. The summed E-state index contributed by atoms with van der Waals surface area (Å²) in [4.78, 5) is 19.7. The predicted octanol–water partition coefficient (Wildman–Crippen LogP) is 4.16. The van der Waals surface area contributed by atoms with Crippen LogP contribution in [0.25, 0.3) is 22.3 Å². The largest absolute Gasteiger partial charge is 0.497 e. The molecule has 29 heavy (non-hydrogen) atoms. The summed E-state index contributed by atoms with van der Waals surface area (Å²) in [6, 6.07) is 12.8. The monoisotopic (exact) mass is 427 g/mol. The molecule has 1 N–H and O–H groups in total. The van der Waals surface area contributed by atoms with Crippen LogP contribution in [0.4, 0.5) is 0 Å². The molecule has 148 valence electrons. The van der Waals surface area contributed by atoms with Crippen LogP contribution in [-0.4, -0.2) is 31.8 Å². The van der Waals surface area contributed by atoms with Crippen molar-refractivity contribution in [2.75, 3.05) is 7.11 Å². The van der Waals surface area contributed by atoms with Crippen LogP contribution in [0.1, 0.15) is 12.7 Å². The van der Waals surface area contributed by atoms with E-state index in [1.165, 1.54) is 11.8 Å². The van der Waals surface area contributed by atoms with E-state index in [9.17, 15) is 4.79 Å². The van der Waals surface area contributed by atoms with Crippen molar-refractivity contribution in [2.24, 2.45) is 0 Å². The first-order valence-corrected chi connectivity index (χ1v) is 10.3. The molecule has 0 bridgehead atoms. The molecule has 0 spiro atoms. The number of ether oxygens (including phenoxy) is 1. The first-order chi connectivity index (χ1) is 14.1. The van der Waals surface area contributed by atoms with Gasteiger partial charge in [0, 0.05) is 17.1 Å². The molecule has 0 aliphatic carbocycles. The summed E-state index contributed by atoms with van der Waals surface area (Å²) < 4.78 is 7.24. The second-order valence-corrected chi connectivity index (χ2v) is 7.62. The molecule has 0 aliphatic rings. The molecule has 0 unspecified atom stereocenters. The van der Waals surface area contributed by atoms with Crippen molar-refractivity contribution in [3.8, 4) is 17.1 Å². The van der Waals surface area contributed by atoms with Gasteiger partial charge in [0.1, 0.15) is 11.6 Å². The van der Waals surface area contributed by atoms with Crippen LogP contribution in [0.2, 0.25) is 5.02 Å². The number of benzene rings is 2. The Balaban J connectivity index is 1.58. The fourth-order valence-electron chi connectivity index (χ4n) is 2.99. The van der Waals surface area contributed by atoms with E-state index < -0.39 is 0 Å². The molecule has 9 heteroatoms. The SMILES string of the molecule is CCn1c(SCc2nc3ccc(Cl)cc3c(=O)[nH]2)nnc1-c1ccc(OC)cc1. The Morgan fingerprint density at radius 1 is 1.17 bits per heavy atom. The molecule has 0 radical (unpaired) electrons. The molecule has 4 aromatic rings. The smallest absolute Gasteiger partial charge is 0.258 e. The normalized spacial score (nSPS) is 11.1. The first kappa shape index (κ1) is 19.5. The number of hydrogen-bond donors (Lipinski definition) is 1. The Hall–Kier alpha value is -2.84. The highest BCUT2D eigenvalue weighted by molar-refractivity contribution is 7.98. The lowest BCUT2D eigenvalue weighted by Crippen LogP contribution is -2.11. The number of rotatable bonds is 6. The van der Waals surface area contributed by atoms with Gasteiger partial charge >= 0.3 is 0 Å². The van der Waals surface area contributed by atoms with E-state index >= 15 is 0 Å². The van der Waals surface area contributed by atoms with E-state index in [0.717, 1.165) is 28.8 Å². The van der Waals surface area contributed by atoms with Gasteiger partial charge in [0.25, 0.3) is 5.56 Å². The summed E-state index contributed by atoms with van der Waals surface area (Å²) in [5, 5.41) is 10.4. The van der Waals surface area contributed by atoms with Crippen molar-refractivity contribution in [3.63, 3.8) is 0 Å². The molecule has 0 saturated heterocycles. The van der Waals surface area contributed by atoms with Crippen LogP contribution in [0.3, 0.4) is 0 Å². The Morgan fingerprint density at radius 3 is 2.69 bits per heavy atom. The lowest BCUT2D eigenvalue weighted by atomic mass is 10.2. The Labute approximate surface area is 176 Å². The summed E-state index contributed by atoms with van der Waals surface area (Å²) >= 11 is 7.44. The van der Waals surface area contributed by atoms with Gasteiger partial charge in [-0.25, -0.2) is 4.98 Å². The summed E-state index contributed by atoms with van der Waals surface area (Å²) in [5.74, 6) is 2.62. The van der Waals surface area contributed by atoms with E-state index in [-0.39, 0.29) is 5.56 Å². The third-order valence-corrected chi connectivity index (χ3v) is 5.65. The number of fused-ring (bicyclic) bond motifs is 1. The van der Waals surface area contributed by atoms with Gasteiger partial charge in [-0.2, -0.15) is 0 Å². The van der Waals surface area contributed by atoms with Crippen LogP contribution in [0.5, 0.6) is 5.75 Å². The van der Waals surface area contributed by atoms with Gasteiger partial charge < -0.3 is 14.3 Å². The van der Waals surface area contributed by atoms with Crippen molar-refractivity contribution in [1.82, 2.24) is 24.7 Å². The van der Waals surface area contributed by atoms with Crippen LogP contribution in [-0.2, 0) is 12.3 Å². The van der Waals surface area contributed by atoms with Crippen molar-refractivity contribution in [2.45, 2.75) is 24.4 Å². The number of halogens is 1. The average molecular weight is 428 g/mol. The summed E-state index contributed by atoms with van der Waals surface area (Å²) in [7, 11) is 1.64. The molecule has 2 heterocycles. The number of aromatic amines is 1. The van der Waals surface area contributed by atoms with Crippen molar-refractivity contribution in [1.29, 1.82) is 0 Å². The van der Waals surface area contributed by atoms with Gasteiger partial charge in [-0.3, -0.25) is 4.79 Å². The van der Waals surface area contributed by atoms with Crippen LogP contribution in [0, 0.1) is 0 Å². The van der Waals surface area contributed by atoms with Crippen molar-refractivity contribution in [3.05, 3.63) is 63.7 Å². The minimum Gasteiger partial charge on any atom is -0.497 e. The number of thioether (sulfide) groups is 1. The Kier molecular flexibility index (Phi) is 5.55. The number of methoxy groups -OCH3 is 1. The molecule has 0 aliphatic heterocycles. The van der Waals surface area contributed by atoms with E-state index in [4.69, 9.17) is 16.3 Å². The maximum Gasteiger partial charge on any atom is 0.258 e. The van der Waals surface area contributed by atoms with Crippen LogP contribution >= 0.6 is 23.4 Å². The minimum absolute atomic E-state index is 0.205. The summed E-state index contributed by atoms with van der Waals surface area (Å²) in [6.07, 6.45) is 0. The van der Waals surface area contributed by atoms with Crippen LogP contribution < -0.4 is 10.3 Å². The first-order valence-electron chi connectivity index (χ1n) is 8.98. The number of nitrogens with one attached hydrogen (secondary N) is 1. The maximum absolute atomic E-state index is 12.3. The van der Waals surface area contributed by atoms with Gasteiger partial charge in [-0.1, -0.05) is 23.4 Å². The van der Waals surface area contributed by atoms with E-state index in [1.54, 1.807) is 25.3 Å². The number of hydrogen-bond acceptors (Lipinski definition) is 6. The second-order valence-electron chi connectivity index (χ2n) is 6.24. The van der Waals surface area contributed by atoms with Gasteiger partial charge in [0.05, 0.1) is 23.8 Å². The summed E-state index contributed by atoms with van der Waals surface area (Å²) in [6.45, 7) is 2.76. The zero-order chi connectivity index (χ0) is 20.4. The maximum atomic E-state index is 12.3. The average Bonchev–Trinajstić information content (AvgIpc) is 3.15. The lowest BCUT2D eigenvalue weighted by Gasteiger charge is -2.08. The van der Waals surface area contributed by atoms with E-state index in [2.05, 4.69) is 20.2 Å². The molecule has 2 aromatic carbocycles. The van der Waals surface area contributed by atoms with Gasteiger partial charge in [0.2, 0.25) is 0 Å². The highest BCUT2D eigenvalue weighted by atomic mass is 35.5. The zero-order valence-electron chi connectivity index (χ0n) is 15.8. The third kappa shape index (κ3) is 3.99. The fraction of sp³-hybridized carbons (Fsp3) is 0.200. The summed E-state index contributed by atoms with van der Waals surface area (Å²) in [5.41, 5.74) is 1.37. The third-order valence-electron chi connectivity index (χ3n) is 4.44. The molecule has 7 nitrogen and oxygen atoms in total. The fourth-order valence-corrected chi connectivity index (χ4v) is 4.04. The van der Waals surface area contributed by atoms with Crippen molar-refractivity contribution < 1.29 is 4.74 Å². The highest BCUT2D eigenvalue weighted by Gasteiger charge is 2.14. The van der Waals surface area contributed by atoms with Crippen LogP contribution in [0.15, 0.2) is 52.4 Å². The van der Waals surface area contributed by atoms with Gasteiger partial charge in [-0.15, -0.1) is 10.2 Å². The number of H-pyrrole nitrogens is 1. The zero-order valence-corrected chi connectivity index (χ0v) is 17.4. The second kappa shape index (κ2) is 8.26. The predicted molar refractivity (Wildman–Crippen MR) is 115 cm³/mol. The highest BCUT2D eigenvalue weighted by Crippen LogP contribution is 2.27. The quantitative estimate of drug-likeness (QED) is 0.465. The molecular weight excluding hydrogens is 410 g/mol. The molecular formula is C20H18ClN5O2S. The minimum atomic E-state index is -0.205. The van der Waals surface area contributed by atoms with E-state index in [0.29, 0.717) is 27.5 Å². The standard InChI is InChI=1S/C20H18ClN5O2S/c1-3-26-18(12-4-7-14(28-2)8-5-12)24-25-20(26)29-11-17-22-16-9-6-13(21)10-15(16)19(27)23-17/h4-10H,3,11H2,1-2H3,(H,22,23,27). The molecule has 0 saturated carbocycles. The van der Waals surface area contributed by atoms with Crippen molar-refractivity contribution >= 4 is 34.3 Å². The molecule has 4 rings (SSSR count). The topological polar surface area (TPSA) is 85.7 Å². The van der Waals surface area contributed by atoms with Gasteiger partial charge in [-0.05, 0) is 49.4 Å². The number of aromatic nitrogens is 5. The Bertz CT molecular complexity index is 1220. The van der Waals surface area contributed by atoms with Gasteiger partial charge in [0.15, 0.2) is 11.0 Å². The molecule has 2 aromatic heterocycles. The molecule has 0 fully saturated rings. The number of nitrogens with zero attached hydrogens (tertiary/aromatic N) is 4. The molecule has 0 amide bonds. The Morgan fingerprint density at radius 2 is 1.97 bits per heavy atom.